The summed E-state index contributed by atoms with van der Waals surface area (Å²) in [6.07, 6.45) is 3.83. The summed E-state index contributed by atoms with van der Waals surface area (Å²) in [5.74, 6) is -0.173. The van der Waals surface area contributed by atoms with Crippen LogP contribution in [0, 0.1) is 0 Å². The maximum Gasteiger partial charge on any atom is 0.311 e. The van der Waals surface area contributed by atoms with Crippen LogP contribution in [0.3, 0.4) is 0 Å². The highest BCUT2D eigenvalue weighted by Gasteiger charge is 2.10. The van der Waals surface area contributed by atoms with Crippen LogP contribution in [0.25, 0.3) is 10.6 Å². The third-order valence-electron chi connectivity index (χ3n) is 1.86. The van der Waals surface area contributed by atoms with Gasteiger partial charge in [0.25, 0.3) is 0 Å². The SMILES string of the molecule is CCCC.Oc1ocnc1-c1ccc(Cl)s1. The highest BCUT2D eigenvalue weighted by atomic mass is 35.5. The van der Waals surface area contributed by atoms with Crippen molar-refractivity contribution in [2.45, 2.75) is 26.7 Å². The number of halogens is 1. The Morgan fingerprint density at radius 1 is 1.38 bits per heavy atom. The molecule has 0 bridgehead atoms. The lowest BCUT2D eigenvalue weighted by atomic mass is 10.4. The van der Waals surface area contributed by atoms with Gasteiger partial charge in [-0.15, -0.1) is 11.3 Å². The van der Waals surface area contributed by atoms with Crippen LogP contribution in [-0.4, -0.2) is 10.1 Å². The molecule has 0 radical (unpaired) electrons. The first-order valence-corrected chi connectivity index (χ1v) is 6.26. The zero-order valence-electron chi connectivity index (χ0n) is 9.24. The number of aromatic hydroxyl groups is 1. The Morgan fingerprint density at radius 2 is 2.06 bits per heavy atom. The van der Waals surface area contributed by atoms with E-state index in [4.69, 9.17) is 16.7 Å². The molecule has 3 nitrogen and oxygen atoms in total. The molecule has 0 unspecified atom stereocenters. The Labute approximate surface area is 104 Å². The smallest absolute Gasteiger partial charge is 0.311 e. The lowest BCUT2D eigenvalue weighted by molar-refractivity contribution is 0.333. The first-order chi connectivity index (χ1) is 7.69. The minimum Gasteiger partial charge on any atom is -0.479 e. The van der Waals surface area contributed by atoms with Crippen molar-refractivity contribution in [2.24, 2.45) is 0 Å². The van der Waals surface area contributed by atoms with E-state index in [1.807, 2.05) is 0 Å². The Balaban J connectivity index is 0.000000280. The second-order valence-corrected chi connectivity index (χ2v) is 4.82. The van der Waals surface area contributed by atoms with Gasteiger partial charge in [-0.2, -0.15) is 0 Å². The van der Waals surface area contributed by atoms with E-state index in [0.29, 0.717) is 10.0 Å². The fourth-order valence-corrected chi connectivity index (χ4v) is 1.88. The summed E-state index contributed by atoms with van der Waals surface area (Å²) in [5, 5.41) is 9.15. The molecule has 0 saturated heterocycles. The summed E-state index contributed by atoms with van der Waals surface area (Å²) in [5.41, 5.74) is 0.437. The minimum atomic E-state index is -0.173. The second kappa shape index (κ2) is 6.55. The van der Waals surface area contributed by atoms with Gasteiger partial charge >= 0.3 is 5.95 Å². The maximum absolute atomic E-state index is 9.15. The zero-order valence-corrected chi connectivity index (χ0v) is 10.8. The average molecular weight is 260 g/mol. The average Bonchev–Trinajstić information content (AvgIpc) is 2.87. The molecule has 88 valence electrons. The molecule has 2 heterocycles. The van der Waals surface area contributed by atoms with Crippen molar-refractivity contribution in [1.82, 2.24) is 4.98 Å². The molecule has 0 aliphatic carbocycles. The van der Waals surface area contributed by atoms with E-state index in [2.05, 4.69) is 23.2 Å². The summed E-state index contributed by atoms with van der Waals surface area (Å²) in [4.78, 5) is 4.63. The lowest BCUT2D eigenvalue weighted by Crippen LogP contribution is -1.68. The fraction of sp³-hybridized carbons (Fsp3) is 0.364. The minimum absolute atomic E-state index is 0.173. The number of thiophene rings is 1. The van der Waals surface area contributed by atoms with E-state index < -0.39 is 0 Å². The van der Waals surface area contributed by atoms with E-state index in [1.54, 1.807) is 12.1 Å². The largest absolute Gasteiger partial charge is 0.479 e. The summed E-state index contributed by atoms with van der Waals surface area (Å²) in [6.45, 7) is 4.36. The molecular weight excluding hydrogens is 246 g/mol. The summed E-state index contributed by atoms with van der Waals surface area (Å²) < 4.78 is 5.30. The number of unbranched alkanes of at least 4 members (excludes halogenated alkanes) is 1. The van der Waals surface area contributed by atoms with Gasteiger partial charge in [0.1, 0.15) is 0 Å². The van der Waals surface area contributed by atoms with Gasteiger partial charge in [0.2, 0.25) is 0 Å². The van der Waals surface area contributed by atoms with E-state index in [0.717, 1.165) is 4.88 Å². The third kappa shape index (κ3) is 3.54. The summed E-state index contributed by atoms with van der Waals surface area (Å²) in [7, 11) is 0. The molecule has 2 rings (SSSR count). The zero-order chi connectivity index (χ0) is 12.0. The van der Waals surface area contributed by atoms with E-state index >= 15 is 0 Å². The van der Waals surface area contributed by atoms with Crippen molar-refractivity contribution in [2.75, 3.05) is 0 Å². The van der Waals surface area contributed by atoms with Gasteiger partial charge in [-0.3, -0.25) is 0 Å². The number of hydrogen-bond donors (Lipinski definition) is 1. The van der Waals surface area contributed by atoms with Crippen LogP contribution in [0.2, 0.25) is 4.34 Å². The van der Waals surface area contributed by atoms with Crippen LogP contribution in [0.4, 0.5) is 0 Å². The molecule has 0 saturated carbocycles. The Morgan fingerprint density at radius 3 is 2.44 bits per heavy atom. The van der Waals surface area contributed by atoms with Crippen molar-refractivity contribution in [3.8, 4) is 16.5 Å². The highest BCUT2D eigenvalue weighted by molar-refractivity contribution is 7.19. The van der Waals surface area contributed by atoms with Gasteiger partial charge in [-0.1, -0.05) is 38.3 Å². The van der Waals surface area contributed by atoms with Crippen LogP contribution in [0.15, 0.2) is 22.9 Å². The Kier molecular flexibility index (Phi) is 5.35. The maximum atomic E-state index is 9.15. The van der Waals surface area contributed by atoms with Crippen molar-refractivity contribution in [3.63, 3.8) is 0 Å². The van der Waals surface area contributed by atoms with Crippen LogP contribution < -0.4 is 0 Å². The van der Waals surface area contributed by atoms with Crippen LogP contribution in [0.1, 0.15) is 26.7 Å². The van der Waals surface area contributed by atoms with E-state index in [9.17, 15) is 0 Å². The molecule has 5 heteroatoms. The molecule has 0 fully saturated rings. The molecule has 16 heavy (non-hydrogen) atoms. The van der Waals surface area contributed by atoms with Crippen LogP contribution in [-0.2, 0) is 0 Å². The lowest BCUT2D eigenvalue weighted by Gasteiger charge is -1.87. The van der Waals surface area contributed by atoms with Gasteiger partial charge in [-0.05, 0) is 12.1 Å². The summed E-state index contributed by atoms with van der Waals surface area (Å²) in [6, 6.07) is 3.53. The molecule has 0 amide bonds. The van der Waals surface area contributed by atoms with Crippen molar-refractivity contribution in [1.29, 1.82) is 0 Å². The van der Waals surface area contributed by atoms with Crippen molar-refractivity contribution >= 4 is 22.9 Å². The quantitative estimate of drug-likeness (QED) is 0.859. The summed E-state index contributed by atoms with van der Waals surface area (Å²) >= 11 is 7.05. The van der Waals surface area contributed by atoms with E-state index in [1.165, 1.54) is 30.6 Å². The predicted molar refractivity (Wildman–Crippen MR) is 67.1 cm³/mol. The first-order valence-electron chi connectivity index (χ1n) is 5.07. The van der Waals surface area contributed by atoms with Crippen molar-refractivity contribution in [3.05, 3.63) is 22.9 Å². The molecule has 2 aromatic heterocycles. The molecule has 1 N–H and O–H groups in total. The van der Waals surface area contributed by atoms with Gasteiger partial charge in [0.15, 0.2) is 12.1 Å². The van der Waals surface area contributed by atoms with Gasteiger partial charge in [0, 0.05) is 0 Å². The second-order valence-electron chi connectivity index (χ2n) is 3.11. The number of nitrogens with zero attached hydrogens (tertiary/aromatic N) is 1. The van der Waals surface area contributed by atoms with Gasteiger partial charge in [0.05, 0.1) is 9.21 Å². The standard InChI is InChI=1S/C7H4ClNO2S.C4H10/c8-5-2-1-4(12-5)6-7(10)11-3-9-6;1-3-4-2/h1-3,10H;3-4H2,1-2H3. The predicted octanol–water partition coefficient (Wildman–Crippen LogP) is 4.57. The highest BCUT2D eigenvalue weighted by Crippen LogP contribution is 2.34. The van der Waals surface area contributed by atoms with Gasteiger partial charge < -0.3 is 9.52 Å². The Hall–Kier alpha value is -1.000. The molecule has 2 aromatic rings. The van der Waals surface area contributed by atoms with Crippen LogP contribution in [0.5, 0.6) is 5.95 Å². The number of oxazole rings is 1. The fourth-order valence-electron chi connectivity index (χ4n) is 0.851. The first kappa shape index (κ1) is 13.1. The third-order valence-corrected chi connectivity index (χ3v) is 3.09. The molecule has 0 aromatic carbocycles. The molecule has 0 aliphatic rings. The van der Waals surface area contributed by atoms with Gasteiger partial charge in [-0.25, -0.2) is 4.98 Å². The van der Waals surface area contributed by atoms with E-state index in [-0.39, 0.29) is 5.95 Å². The number of rotatable bonds is 2. The number of aromatic nitrogens is 1. The Bertz CT molecular complexity index is 423. The molecular formula is C11H14ClNO2S. The monoisotopic (exact) mass is 259 g/mol. The van der Waals surface area contributed by atoms with Crippen LogP contribution >= 0.6 is 22.9 Å². The number of hydrogen-bond acceptors (Lipinski definition) is 4. The molecule has 0 atom stereocenters. The molecule has 0 spiro atoms. The topological polar surface area (TPSA) is 46.3 Å². The van der Waals surface area contributed by atoms with Crippen molar-refractivity contribution < 1.29 is 9.52 Å². The normalized spacial score (nSPS) is 9.69. The molecule has 0 aliphatic heterocycles.